The van der Waals surface area contributed by atoms with Crippen molar-refractivity contribution in [3.63, 3.8) is 0 Å². The first-order chi connectivity index (χ1) is 24.3. The van der Waals surface area contributed by atoms with Gasteiger partial charge in [-0.05, 0) is 62.3 Å². The van der Waals surface area contributed by atoms with Crippen LogP contribution >= 0.6 is 0 Å². The first kappa shape index (κ1) is 26.4. The number of hydrogen-bond acceptors (Lipinski definition) is 3. The Balaban J connectivity index is 1.21. The van der Waals surface area contributed by atoms with E-state index in [9.17, 15) is 0 Å². The normalized spacial score (nSPS) is 12.1. The van der Waals surface area contributed by atoms with E-state index in [0.717, 1.165) is 22.4 Å². The smallest absolute Gasteiger partial charge is 0.164 e. The van der Waals surface area contributed by atoms with Crippen LogP contribution in [0, 0.1) is 0 Å². The Bertz CT molecular complexity index is 2920. The fourth-order valence-corrected chi connectivity index (χ4v) is 8.01. The molecule has 4 heteroatoms. The largest absolute Gasteiger partial charge is 0.309 e. The number of benzene rings is 8. The molecule has 0 spiro atoms. The van der Waals surface area contributed by atoms with Crippen molar-refractivity contribution < 1.29 is 0 Å². The zero-order chi connectivity index (χ0) is 32.1. The number of fused-ring (bicyclic) bond motifs is 1. The average molecular weight is 623 g/mol. The van der Waals surface area contributed by atoms with Crippen molar-refractivity contribution in [3.8, 4) is 51.0 Å². The zero-order valence-electron chi connectivity index (χ0n) is 26.3. The predicted octanol–water partition coefficient (Wildman–Crippen LogP) is 11.4. The molecule has 0 aliphatic heterocycles. The molecule has 0 radical (unpaired) electrons. The van der Waals surface area contributed by atoms with E-state index in [-0.39, 0.29) is 0 Å². The molecule has 0 fully saturated rings. The van der Waals surface area contributed by atoms with Crippen molar-refractivity contribution >= 4 is 54.1 Å². The van der Waals surface area contributed by atoms with E-state index in [2.05, 4.69) is 102 Å². The van der Waals surface area contributed by atoms with Crippen LogP contribution in [0.25, 0.3) is 105 Å². The summed E-state index contributed by atoms with van der Waals surface area (Å²) in [5.74, 6) is 1.95. The number of nitrogens with zero attached hydrogens (tertiary/aromatic N) is 4. The average Bonchev–Trinajstić information content (AvgIpc) is 3.45. The minimum atomic E-state index is 0.644. The second-order valence-corrected chi connectivity index (χ2v) is 12.8. The highest BCUT2D eigenvalue weighted by Gasteiger charge is 2.24. The van der Waals surface area contributed by atoms with Gasteiger partial charge in [0.1, 0.15) is 0 Å². The van der Waals surface area contributed by atoms with Gasteiger partial charge in [-0.15, -0.1) is 0 Å². The van der Waals surface area contributed by atoms with Crippen LogP contribution in [0.5, 0.6) is 0 Å². The van der Waals surface area contributed by atoms with E-state index in [0.29, 0.717) is 17.5 Å². The third-order valence-corrected chi connectivity index (χ3v) is 10.1. The van der Waals surface area contributed by atoms with Gasteiger partial charge in [0.15, 0.2) is 17.5 Å². The van der Waals surface area contributed by atoms with Crippen molar-refractivity contribution in [3.05, 3.63) is 158 Å². The van der Waals surface area contributed by atoms with Crippen LogP contribution in [-0.2, 0) is 0 Å². The lowest BCUT2D eigenvalue weighted by atomic mass is 9.93. The first-order valence-electron chi connectivity index (χ1n) is 16.6. The summed E-state index contributed by atoms with van der Waals surface area (Å²) in [6.45, 7) is 0. The van der Waals surface area contributed by atoms with E-state index < -0.39 is 0 Å². The van der Waals surface area contributed by atoms with Crippen LogP contribution in [0.4, 0.5) is 0 Å². The maximum Gasteiger partial charge on any atom is 0.164 e. The molecule has 0 unspecified atom stereocenters. The highest BCUT2D eigenvalue weighted by Crippen LogP contribution is 2.49. The Morgan fingerprint density at radius 2 is 0.776 bits per heavy atom. The fraction of sp³-hybridized carbons (Fsp3) is 0. The highest BCUT2D eigenvalue weighted by molar-refractivity contribution is 6.38. The van der Waals surface area contributed by atoms with E-state index in [1.807, 2.05) is 60.7 Å². The topological polar surface area (TPSA) is 43.6 Å². The molecule has 0 bridgehead atoms. The molecule has 0 amide bonds. The molecule has 2 aromatic heterocycles. The Morgan fingerprint density at radius 1 is 0.327 bits per heavy atom. The van der Waals surface area contributed by atoms with Gasteiger partial charge in [0.2, 0.25) is 0 Å². The summed E-state index contributed by atoms with van der Waals surface area (Å²) in [6, 6.07) is 56.0. The maximum atomic E-state index is 5.04. The van der Waals surface area contributed by atoms with Crippen LogP contribution in [-0.4, -0.2) is 19.5 Å². The molecule has 10 aromatic rings. The summed E-state index contributed by atoms with van der Waals surface area (Å²) < 4.78 is 2.42. The Kier molecular flexibility index (Phi) is 5.35. The molecule has 1 aliphatic carbocycles. The van der Waals surface area contributed by atoms with Crippen LogP contribution in [0.3, 0.4) is 0 Å². The molecule has 49 heavy (non-hydrogen) atoms. The van der Waals surface area contributed by atoms with Gasteiger partial charge in [0.25, 0.3) is 0 Å². The zero-order valence-corrected chi connectivity index (χ0v) is 26.3. The third kappa shape index (κ3) is 3.77. The van der Waals surface area contributed by atoms with E-state index in [4.69, 9.17) is 15.0 Å². The molecular weight excluding hydrogens is 597 g/mol. The molecular formula is C45H26N4. The van der Waals surface area contributed by atoms with Gasteiger partial charge in [-0.2, -0.15) is 0 Å². The SMILES string of the molecule is c1ccc(-c2nc(-c3ccccc3)nc(-c3cccc(-n4c5ccc6cccc7c6c5c5c6c(ccc8cccc-7c86)ccc54)c3)n2)cc1. The molecule has 4 nitrogen and oxygen atoms in total. The number of hydrogen-bond donors (Lipinski definition) is 0. The summed E-state index contributed by atoms with van der Waals surface area (Å²) in [5.41, 5.74) is 8.89. The number of rotatable bonds is 4. The number of aromatic nitrogens is 4. The first-order valence-corrected chi connectivity index (χ1v) is 16.6. The Labute approximate surface area is 281 Å². The van der Waals surface area contributed by atoms with Crippen LogP contribution in [0.15, 0.2) is 158 Å². The summed E-state index contributed by atoms with van der Waals surface area (Å²) in [5, 5.41) is 10.4. The maximum absolute atomic E-state index is 5.04. The molecule has 0 N–H and O–H groups in total. The van der Waals surface area contributed by atoms with Gasteiger partial charge in [0.05, 0.1) is 11.0 Å². The minimum Gasteiger partial charge on any atom is -0.309 e. The molecule has 1 aliphatic rings. The molecule has 0 saturated heterocycles. The van der Waals surface area contributed by atoms with Crippen LogP contribution in [0.2, 0.25) is 0 Å². The molecule has 0 atom stereocenters. The van der Waals surface area contributed by atoms with Crippen LogP contribution < -0.4 is 0 Å². The Hall–Kier alpha value is -6.65. The lowest BCUT2D eigenvalue weighted by Gasteiger charge is -2.14. The lowest BCUT2D eigenvalue weighted by molar-refractivity contribution is 1.07. The van der Waals surface area contributed by atoms with Gasteiger partial charge in [0, 0.05) is 38.5 Å². The van der Waals surface area contributed by atoms with Crippen molar-refractivity contribution in [1.29, 1.82) is 0 Å². The second-order valence-electron chi connectivity index (χ2n) is 12.8. The van der Waals surface area contributed by atoms with E-state index in [1.54, 1.807) is 0 Å². The van der Waals surface area contributed by atoms with E-state index >= 15 is 0 Å². The predicted molar refractivity (Wildman–Crippen MR) is 202 cm³/mol. The third-order valence-electron chi connectivity index (χ3n) is 10.1. The molecule has 2 heterocycles. The Morgan fingerprint density at radius 3 is 1.37 bits per heavy atom. The fourth-order valence-electron chi connectivity index (χ4n) is 8.01. The molecule has 226 valence electrons. The van der Waals surface area contributed by atoms with Gasteiger partial charge in [-0.3, -0.25) is 0 Å². The summed E-state index contributed by atoms with van der Waals surface area (Å²) in [6.07, 6.45) is 0. The van der Waals surface area contributed by atoms with Gasteiger partial charge in [-0.25, -0.2) is 15.0 Å². The summed E-state index contributed by atoms with van der Waals surface area (Å²) >= 11 is 0. The quantitative estimate of drug-likeness (QED) is 0.183. The van der Waals surface area contributed by atoms with E-state index in [1.165, 1.54) is 65.3 Å². The highest BCUT2D eigenvalue weighted by atomic mass is 15.0. The van der Waals surface area contributed by atoms with Crippen molar-refractivity contribution in [1.82, 2.24) is 19.5 Å². The summed E-state index contributed by atoms with van der Waals surface area (Å²) in [4.78, 5) is 15.0. The van der Waals surface area contributed by atoms with Crippen molar-refractivity contribution in [2.45, 2.75) is 0 Å². The van der Waals surface area contributed by atoms with Gasteiger partial charge in [-0.1, -0.05) is 133 Å². The standard InChI is InChI=1S/C45H26N4/c1-3-10-30(11-4-1)43-46-44(31-12-5-2-6-13-31)48-45(47-43)32-16-7-17-33(26-32)49-36-24-22-28-15-9-19-35-34-18-8-14-27-20-21-29-23-25-37(49)42(40(29)38(27)34)41(36)39(28)35/h1-26H. The molecule has 8 aromatic carbocycles. The van der Waals surface area contributed by atoms with Crippen LogP contribution in [0.1, 0.15) is 0 Å². The van der Waals surface area contributed by atoms with Gasteiger partial charge < -0.3 is 4.57 Å². The summed E-state index contributed by atoms with van der Waals surface area (Å²) in [7, 11) is 0. The van der Waals surface area contributed by atoms with Crippen molar-refractivity contribution in [2.24, 2.45) is 0 Å². The minimum absolute atomic E-state index is 0.644. The second kappa shape index (κ2) is 9.93. The molecule has 0 saturated carbocycles. The monoisotopic (exact) mass is 622 g/mol. The van der Waals surface area contributed by atoms with Crippen molar-refractivity contribution in [2.75, 3.05) is 0 Å². The van der Waals surface area contributed by atoms with Gasteiger partial charge >= 0.3 is 0 Å². The molecule has 11 rings (SSSR count). The lowest BCUT2D eigenvalue weighted by Crippen LogP contribution is -2.01.